The molecule has 5 nitrogen and oxygen atoms in total. The largest absolute Gasteiger partial charge is 0.496 e. The summed E-state index contributed by atoms with van der Waals surface area (Å²) in [7, 11) is 2.00. The predicted octanol–water partition coefficient (Wildman–Crippen LogP) is 0.401. The van der Waals surface area contributed by atoms with E-state index in [2.05, 4.69) is 5.10 Å². The van der Waals surface area contributed by atoms with Crippen LogP contribution in [0.3, 0.4) is 0 Å². The fraction of sp³-hybridized carbons (Fsp3) is 0.250. The highest BCUT2D eigenvalue weighted by Crippen LogP contribution is 2.26. The minimum absolute atomic E-state index is 0.461. The summed E-state index contributed by atoms with van der Waals surface area (Å²) in [5.41, 5.74) is 1.38. The quantitative estimate of drug-likeness (QED) is 0.612. The fourth-order valence-electron chi connectivity index (χ4n) is 1.71. The highest BCUT2D eigenvalue weighted by atomic mass is 32.2. The minimum Gasteiger partial charge on any atom is -0.496 e. The molecule has 0 spiro atoms. The van der Waals surface area contributed by atoms with Gasteiger partial charge in [0.25, 0.3) is 0 Å². The van der Waals surface area contributed by atoms with Gasteiger partial charge >= 0.3 is 7.12 Å². The molecule has 1 heterocycles. The number of nitrogens with zero attached hydrogens (tertiary/aromatic N) is 2. The maximum Gasteiger partial charge on any atom is 0.488 e. The predicted molar refractivity (Wildman–Crippen MR) is 75.6 cm³/mol. The van der Waals surface area contributed by atoms with E-state index in [4.69, 9.17) is 4.74 Å². The molecule has 0 aliphatic carbocycles. The Balaban J connectivity index is 2.15. The van der Waals surface area contributed by atoms with E-state index >= 15 is 0 Å². The normalized spacial score (nSPS) is 10.5. The van der Waals surface area contributed by atoms with Crippen LogP contribution >= 0.6 is 11.8 Å². The first-order valence-corrected chi connectivity index (χ1v) is 6.73. The number of rotatable bonds is 5. The molecule has 0 aliphatic heterocycles. The lowest BCUT2D eigenvalue weighted by Crippen LogP contribution is -2.30. The molecular weight excluding hydrogens is 263 g/mol. The first-order valence-electron chi connectivity index (χ1n) is 5.74. The lowest BCUT2D eigenvalue weighted by Gasteiger charge is -2.10. The van der Waals surface area contributed by atoms with Crippen LogP contribution < -0.4 is 10.2 Å². The summed E-state index contributed by atoms with van der Waals surface area (Å²) in [6.45, 7) is 0. The van der Waals surface area contributed by atoms with Crippen molar-refractivity contribution >= 4 is 24.3 Å². The van der Waals surface area contributed by atoms with Crippen molar-refractivity contribution < 1.29 is 14.8 Å². The van der Waals surface area contributed by atoms with Gasteiger partial charge in [-0.15, -0.1) is 11.8 Å². The second-order valence-electron chi connectivity index (χ2n) is 4.08. The molecule has 2 rings (SSSR count). The van der Waals surface area contributed by atoms with Crippen LogP contribution in [0.15, 0.2) is 35.5 Å². The molecule has 0 atom stereocenters. The van der Waals surface area contributed by atoms with Gasteiger partial charge in [-0.25, -0.2) is 0 Å². The Kier molecular flexibility index (Phi) is 4.52. The summed E-state index contributed by atoms with van der Waals surface area (Å²) in [4.78, 5) is 1.06. The third-order valence-corrected chi connectivity index (χ3v) is 3.68. The zero-order valence-electron chi connectivity index (χ0n) is 10.8. The molecule has 1 aromatic heterocycles. The number of aromatic nitrogens is 2. The molecule has 0 radical (unpaired) electrons. The number of thioether (sulfide) groups is 1. The number of benzene rings is 1. The van der Waals surface area contributed by atoms with E-state index in [0.29, 0.717) is 11.2 Å². The van der Waals surface area contributed by atoms with E-state index in [9.17, 15) is 10.0 Å². The van der Waals surface area contributed by atoms with Crippen molar-refractivity contribution in [1.82, 2.24) is 9.78 Å². The van der Waals surface area contributed by atoms with Crippen LogP contribution in [0.5, 0.6) is 5.75 Å². The molecule has 19 heavy (non-hydrogen) atoms. The summed E-state index contributed by atoms with van der Waals surface area (Å²) in [5.74, 6) is 1.41. The number of ether oxygens (including phenoxy) is 1. The van der Waals surface area contributed by atoms with Crippen LogP contribution in [0.25, 0.3) is 0 Å². The number of hydrogen-bond donors (Lipinski definition) is 2. The van der Waals surface area contributed by atoms with Crippen LogP contribution in [0.2, 0.25) is 0 Å². The van der Waals surface area contributed by atoms with Crippen molar-refractivity contribution in [2.75, 3.05) is 7.11 Å². The van der Waals surface area contributed by atoms with Gasteiger partial charge in [0.15, 0.2) is 0 Å². The second kappa shape index (κ2) is 6.14. The summed E-state index contributed by atoms with van der Waals surface area (Å²) in [6, 6.07) is 5.13. The van der Waals surface area contributed by atoms with Crippen LogP contribution in [0.1, 0.15) is 5.56 Å². The Morgan fingerprint density at radius 3 is 2.79 bits per heavy atom. The zero-order valence-corrected chi connectivity index (χ0v) is 11.6. The highest BCUT2D eigenvalue weighted by Gasteiger charge is 2.14. The fourth-order valence-corrected chi connectivity index (χ4v) is 2.60. The molecule has 100 valence electrons. The van der Waals surface area contributed by atoms with Crippen molar-refractivity contribution in [2.24, 2.45) is 7.05 Å². The molecule has 0 aliphatic rings. The first-order chi connectivity index (χ1) is 9.10. The van der Waals surface area contributed by atoms with E-state index in [1.54, 1.807) is 47.9 Å². The topological polar surface area (TPSA) is 67.5 Å². The highest BCUT2D eigenvalue weighted by molar-refractivity contribution is 7.98. The molecule has 0 bridgehead atoms. The first kappa shape index (κ1) is 14.0. The summed E-state index contributed by atoms with van der Waals surface area (Å²) >= 11 is 1.62. The van der Waals surface area contributed by atoms with E-state index in [1.807, 2.05) is 13.2 Å². The molecule has 0 saturated heterocycles. The average molecular weight is 278 g/mol. The maximum absolute atomic E-state index is 9.19. The summed E-state index contributed by atoms with van der Waals surface area (Å²) < 4.78 is 7.02. The Hall–Kier alpha value is -1.44. The van der Waals surface area contributed by atoms with Crippen LogP contribution in [0, 0.1) is 0 Å². The van der Waals surface area contributed by atoms with Gasteiger partial charge in [-0.3, -0.25) is 4.68 Å². The number of methoxy groups -OCH3 is 1. The lowest BCUT2D eigenvalue weighted by molar-refractivity contribution is 0.410. The summed E-state index contributed by atoms with van der Waals surface area (Å²) in [5, 5.41) is 22.5. The monoisotopic (exact) mass is 278 g/mol. The van der Waals surface area contributed by atoms with Gasteiger partial charge in [0.05, 0.1) is 13.3 Å². The van der Waals surface area contributed by atoms with E-state index in [-0.39, 0.29) is 0 Å². The molecule has 2 N–H and O–H groups in total. The van der Waals surface area contributed by atoms with E-state index < -0.39 is 7.12 Å². The van der Waals surface area contributed by atoms with Crippen molar-refractivity contribution in [3.05, 3.63) is 36.2 Å². The number of aryl methyl sites for hydroxylation is 1. The van der Waals surface area contributed by atoms with Gasteiger partial charge < -0.3 is 14.8 Å². The molecule has 0 amide bonds. The van der Waals surface area contributed by atoms with Crippen molar-refractivity contribution in [2.45, 2.75) is 10.6 Å². The Bertz CT molecular complexity index is 560. The van der Waals surface area contributed by atoms with Gasteiger partial charge in [-0.05, 0) is 11.5 Å². The molecule has 0 unspecified atom stereocenters. The van der Waals surface area contributed by atoms with Gasteiger partial charge in [-0.2, -0.15) is 5.10 Å². The number of hydrogen-bond acceptors (Lipinski definition) is 5. The van der Waals surface area contributed by atoms with Crippen molar-refractivity contribution in [3.8, 4) is 5.75 Å². The third kappa shape index (κ3) is 3.53. The minimum atomic E-state index is -1.46. The lowest BCUT2D eigenvalue weighted by atomic mass is 9.79. The SMILES string of the molecule is COc1ccc(B(O)O)cc1CSc1cnn(C)c1. The van der Waals surface area contributed by atoms with Crippen LogP contribution in [-0.4, -0.2) is 34.1 Å². The Morgan fingerprint density at radius 2 is 2.21 bits per heavy atom. The molecule has 2 aromatic rings. The van der Waals surface area contributed by atoms with Crippen LogP contribution in [-0.2, 0) is 12.8 Å². The van der Waals surface area contributed by atoms with E-state index in [1.165, 1.54) is 0 Å². The molecule has 0 saturated carbocycles. The average Bonchev–Trinajstić information content (AvgIpc) is 2.81. The van der Waals surface area contributed by atoms with Gasteiger partial charge in [0, 0.05) is 29.5 Å². The smallest absolute Gasteiger partial charge is 0.488 e. The Morgan fingerprint density at radius 1 is 1.42 bits per heavy atom. The maximum atomic E-state index is 9.19. The third-order valence-electron chi connectivity index (χ3n) is 2.68. The molecule has 0 fully saturated rings. The van der Waals surface area contributed by atoms with Gasteiger partial charge in [0.1, 0.15) is 5.75 Å². The van der Waals surface area contributed by atoms with Gasteiger partial charge in [-0.1, -0.05) is 12.1 Å². The molecule has 7 heteroatoms. The van der Waals surface area contributed by atoms with Crippen molar-refractivity contribution in [3.63, 3.8) is 0 Å². The molecular formula is C12H15BN2O3S. The molecule has 1 aromatic carbocycles. The van der Waals surface area contributed by atoms with E-state index in [0.717, 1.165) is 16.2 Å². The van der Waals surface area contributed by atoms with Crippen molar-refractivity contribution in [1.29, 1.82) is 0 Å². The zero-order chi connectivity index (χ0) is 13.8. The Labute approximate surface area is 116 Å². The van der Waals surface area contributed by atoms with Gasteiger partial charge in [0.2, 0.25) is 0 Å². The van der Waals surface area contributed by atoms with Crippen LogP contribution in [0.4, 0.5) is 0 Å². The summed E-state index contributed by atoms with van der Waals surface area (Å²) in [6.07, 6.45) is 3.73. The standard InChI is InChI=1S/C12H15BN2O3S/c1-15-7-11(6-14-15)19-8-9-5-10(13(16)17)3-4-12(9)18-2/h3-7,16-17H,8H2,1-2H3. The second-order valence-corrected chi connectivity index (χ2v) is 5.13.